The van der Waals surface area contributed by atoms with Crippen molar-refractivity contribution in [1.82, 2.24) is 4.98 Å². The summed E-state index contributed by atoms with van der Waals surface area (Å²) in [6, 6.07) is 9.02. The molecular weight excluding hydrogens is 300 g/mol. The van der Waals surface area contributed by atoms with Crippen LogP contribution in [0.3, 0.4) is 0 Å². The lowest BCUT2D eigenvalue weighted by Crippen LogP contribution is -1.88. The van der Waals surface area contributed by atoms with Gasteiger partial charge in [0.25, 0.3) is 0 Å². The Balaban J connectivity index is 2.36. The Morgan fingerprint density at radius 2 is 1.70 bits per heavy atom. The van der Waals surface area contributed by atoms with Crippen LogP contribution in [0.5, 0.6) is 5.75 Å². The second kappa shape index (κ2) is 4.93. The van der Waals surface area contributed by atoms with E-state index in [0.29, 0.717) is 11.1 Å². The molecule has 1 N–H and O–H groups in total. The molecule has 0 aliphatic carbocycles. The van der Waals surface area contributed by atoms with E-state index >= 15 is 0 Å². The first-order chi connectivity index (χ1) is 9.56. The molecule has 20 heavy (non-hydrogen) atoms. The number of aromatic nitrogens is 1. The Morgan fingerprint density at radius 1 is 1.00 bits per heavy atom. The van der Waals surface area contributed by atoms with Crippen molar-refractivity contribution in [3.8, 4) is 16.9 Å². The molecule has 100 valence electrons. The number of nitrogens with zero attached hydrogens (tertiary/aromatic N) is 1. The minimum atomic E-state index is -0.486. The minimum Gasteiger partial charge on any atom is -0.508 e. The molecule has 5 heteroatoms. The van der Waals surface area contributed by atoms with Crippen molar-refractivity contribution in [2.75, 3.05) is 0 Å². The van der Waals surface area contributed by atoms with E-state index in [1.165, 1.54) is 12.1 Å². The number of phenols is 1. The Hall–Kier alpha value is -1.84. The zero-order valence-corrected chi connectivity index (χ0v) is 11.6. The maximum atomic E-state index is 13.3. The fourth-order valence-corrected chi connectivity index (χ4v) is 2.82. The smallest absolute Gasteiger partial charge is 0.126 e. The van der Waals surface area contributed by atoms with E-state index in [1.807, 2.05) is 0 Å². The summed E-state index contributed by atoms with van der Waals surface area (Å²) < 4.78 is 13.3. The average Bonchev–Trinajstić information content (AvgIpc) is 2.37. The predicted octanol–water partition coefficient (Wildman–Crippen LogP) is 5.05. The largest absolute Gasteiger partial charge is 0.508 e. The molecule has 1 heterocycles. The van der Waals surface area contributed by atoms with Crippen LogP contribution in [0.4, 0.5) is 4.39 Å². The summed E-state index contributed by atoms with van der Waals surface area (Å²) in [4.78, 5) is 4.18. The summed E-state index contributed by atoms with van der Waals surface area (Å²) in [5.74, 6) is -0.363. The third kappa shape index (κ3) is 2.19. The van der Waals surface area contributed by atoms with Crippen LogP contribution in [0.15, 0.2) is 42.6 Å². The van der Waals surface area contributed by atoms with Crippen LogP contribution in [0.25, 0.3) is 22.0 Å². The first kappa shape index (κ1) is 13.2. The van der Waals surface area contributed by atoms with Gasteiger partial charge in [0.1, 0.15) is 11.6 Å². The minimum absolute atomic E-state index is 0.124. The highest BCUT2D eigenvalue weighted by atomic mass is 35.5. The molecule has 0 saturated carbocycles. The van der Waals surface area contributed by atoms with Gasteiger partial charge in [-0.1, -0.05) is 23.2 Å². The fraction of sp³-hybridized carbons (Fsp3) is 0. The molecule has 0 saturated heterocycles. The molecule has 0 amide bonds. The van der Waals surface area contributed by atoms with Crippen molar-refractivity contribution in [2.24, 2.45) is 0 Å². The van der Waals surface area contributed by atoms with E-state index in [0.717, 1.165) is 10.9 Å². The highest BCUT2D eigenvalue weighted by Gasteiger charge is 2.14. The number of pyridine rings is 1. The second-order valence-electron chi connectivity index (χ2n) is 4.30. The first-order valence-corrected chi connectivity index (χ1v) is 6.54. The SMILES string of the molecule is Oc1ccc2c(-c3c(Cl)cc(F)cc3Cl)ccnc2c1. The van der Waals surface area contributed by atoms with Crippen LogP contribution in [-0.4, -0.2) is 10.1 Å². The lowest BCUT2D eigenvalue weighted by Gasteiger charge is -2.10. The summed E-state index contributed by atoms with van der Waals surface area (Å²) >= 11 is 12.2. The normalized spacial score (nSPS) is 10.9. The van der Waals surface area contributed by atoms with Crippen LogP contribution < -0.4 is 0 Å². The van der Waals surface area contributed by atoms with Crippen molar-refractivity contribution in [1.29, 1.82) is 0 Å². The number of halogens is 3. The standard InChI is InChI=1S/C15H8Cl2FNO/c16-12-5-8(18)6-13(17)15(12)11-3-4-19-14-7-9(20)1-2-10(11)14/h1-7,20H. The van der Waals surface area contributed by atoms with Crippen LogP contribution in [0.1, 0.15) is 0 Å². The molecule has 2 aromatic carbocycles. The van der Waals surface area contributed by atoms with E-state index in [4.69, 9.17) is 23.2 Å². The highest BCUT2D eigenvalue weighted by Crippen LogP contribution is 2.39. The van der Waals surface area contributed by atoms with Gasteiger partial charge in [-0.05, 0) is 35.9 Å². The zero-order chi connectivity index (χ0) is 14.3. The van der Waals surface area contributed by atoms with Crippen molar-refractivity contribution >= 4 is 34.1 Å². The van der Waals surface area contributed by atoms with E-state index in [9.17, 15) is 9.50 Å². The number of hydrogen-bond donors (Lipinski definition) is 1. The number of rotatable bonds is 1. The predicted molar refractivity (Wildman–Crippen MR) is 78.8 cm³/mol. The molecule has 2 nitrogen and oxygen atoms in total. The van der Waals surface area contributed by atoms with Crippen LogP contribution in [0.2, 0.25) is 10.0 Å². The molecule has 0 spiro atoms. The maximum Gasteiger partial charge on any atom is 0.126 e. The Labute approximate surface area is 124 Å². The molecule has 0 atom stereocenters. The van der Waals surface area contributed by atoms with Gasteiger partial charge >= 0.3 is 0 Å². The van der Waals surface area contributed by atoms with Gasteiger partial charge in [-0.15, -0.1) is 0 Å². The van der Waals surface area contributed by atoms with Crippen molar-refractivity contribution in [3.05, 3.63) is 58.5 Å². The Kier molecular flexibility index (Phi) is 3.24. The first-order valence-electron chi connectivity index (χ1n) is 5.79. The third-order valence-electron chi connectivity index (χ3n) is 3.00. The van der Waals surface area contributed by atoms with Crippen LogP contribution in [0, 0.1) is 5.82 Å². The lowest BCUT2D eigenvalue weighted by molar-refractivity contribution is 0.476. The Morgan fingerprint density at radius 3 is 2.40 bits per heavy atom. The Bertz CT molecular complexity index is 797. The highest BCUT2D eigenvalue weighted by molar-refractivity contribution is 6.39. The van der Waals surface area contributed by atoms with Gasteiger partial charge in [0, 0.05) is 23.2 Å². The summed E-state index contributed by atoms with van der Waals surface area (Å²) in [5, 5.41) is 10.7. The van der Waals surface area contributed by atoms with Gasteiger partial charge in [0.05, 0.1) is 15.6 Å². The molecule has 0 aliphatic rings. The second-order valence-corrected chi connectivity index (χ2v) is 5.12. The van der Waals surface area contributed by atoms with Gasteiger partial charge in [-0.3, -0.25) is 4.98 Å². The van der Waals surface area contributed by atoms with E-state index in [-0.39, 0.29) is 15.8 Å². The van der Waals surface area contributed by atoms with Gasteiger partial charge in [-0.2, -0.15) is 0 Å². The fourth-order valence-electron chi connectivity index (χ4n) is 2.15. The monoisotopic (exact) mass is 307 g/mol. The number of benzene rings is 2. The van der Waals surface area contributed by atoms with E-state index < -0.39 is 5.82 Å². The maximum absolute atomic E-state index is 13.3. The van der Waals surface area contributed by atoms with E-state index in [2.05, 4.69) is 4.98 Å². The van der Waals surface area contributed by atoms with E-state index in [1.54, 1.807) is 30.5 Å². The molecule has 0 aliphatic heterocycles. The van der Waals surface area contributed by atoms with Gasteiger partial charge < -0.3 is 5.11 Å². The van der Waals surface area contributed by atoms with Crippen molar-refractivity contribution in [2.45, 2.75) is 0 Å². The third-order valence-corrected chi connectivity index (χ3v) is 3.60. The van der Waals surface area contributed by atoms with Crippen LogP contribution >= 0.6 is 23.2 Å². The number of aromatic hydroxyl groups is 1. The summed E-state index contributed by atoms with van der Waals surface area (Å²) in [7, 11) is 0. The molecule has 0 fully saturated rings. The lowest BCUT2D eigenvalue weighted by atomic mass is 10.0. The van der Waals surface area contributed by atoms with Crippen molar-refractivity contribution < 1.29 is 9.50 Å². The van der Waals surface area contributed by atoms with Crippen molar-refractivity contribution in [3.63, 3.8) is 0 Å². The number of hydrogen-bond acceptors (Lipinski definition) is 2. The number of phenolic OH excluding ortho intramolecular Hbond substituents is 1. The molecule has 3 rings (SSSR count). The topological polar surface area (TPSA) is 33.1 Å². The molecule has 0 unspecified atom stereocenters. The quantitative estimate of drug-likeness (QED) is 0.682. The summed E-state index contributed by atoms with van der Waals surface area (Å²) in [5.41, 5.74) is 1.90. The van der Waals surface area contributed by atoms with Gasteiger partial charge in [0.15, 0.2) is 0 Å². The van der Waals surface area contributed by atoms with Gasteiger partial charge in [-0.25, -0.2) is 4.39 Å². The molecule has 0 radical (unpaired) electrons. The number of fused-ring (bicyclic) bond motifs is 1. The van der Waals surface area contributed by atoms with Crippen LogP contribution in [-0.2, 0) is 0 Å². The molecular formula is C15H8Cl2FNO. The molecule has 3 aromatic rings. The van der Waals surface area contributed by atoms with Gasteiger partial charge in [0.2, 0.25) is 0 Å². The molecule has 1 aromatic heterocycles. The molecule has 0 bridgehead atoms. The summed E-state index contributed by atoms with van der Waals surface area (Å²) in [6.07, 6.45) is 1.59. The zero-order valence-electron chi connectivity index (χ0n) is 10.1. The summed E-state index contributed by atoms with van der Waals surface area (Å²) in [6.45, 7) is 0. The average molecular weight is 308 g/mol.